The smallest absolute Gasteiger partial charge is 0.0726 e. The van der Waals surface area contributed by atoms with Gasteiger partial charge in [-0.2, -0.15) is 0 Å². The Balaban J connectivity index is 0.971. The van der Waals surface area contributed by atoms with Gasteiger partial charge in [0.25, 0.3) is 0 Å². The molecule has 12 rings (SSSR count). The summed E-state index contributed by atoms with van der Waals surface area (Å²) in [6.45, 7) is 2.16. The lowest BCUT2D eigenvalue weighted by Gasteiger charge is -2.32. The van der Waals surface area contributed by atoms with Crippen LogP contribution in [0.25, 0.3) is 46.1 Å². The van der Waals surface area contributed by atoms with E-state index in [1.165, 1.54) is 148 Å². The second-order valence-corrected chi connectivity index (χ2v) is 19.4. The molecule has 4 aliphatic carbocycles. The molecule has 1 nitrogen and oxygen atoms in total. The van der Waals surface area contributed by atoms with Crippen LogP contribution in [0.15, 0.2) is 199 Å². The molecule has 4 aliphatic rings. The van der Waals surface area contributed by atoms with Crippen LogP contribution >= 0.6 is 0 Å². The molecule has 0 aromatic heterocycles. The zero-order valence-electron chi connectivity index (χ0n) is 38.6. The van der Waals surface area contributed by atoms with Crippen molar-refractivity contribution in [1.29, 1.82) is 0 Å². The van der Waals surface area contributed by atoms with Crippen LogP contribution < -0.4 is 4.90 Å². The Morgan fingerprint density at radius 2 is 0.791 bits per heavy atom. The van der Waals surface area contributed by atoms with E-state index in [4.69, 9.17) is 0 Å². The van der Waals surface area contributed by atoms with Crippen LogP contribution in [0.2, 0.25) is 0 Å². The summed E-state index contributed by atoms with van der Waals surface area (Å²) < 4.78 is 0. The van der Waals surface area contributed by atoms with Crippen molar-refractivity contribution in [3.63, 3.8) is 0 Å². The molecule has 1 spiro atoms. The number of fused-ring (bicyclic) bond motifs is 10. The van der Waals surface area contributed by atoms with Gasteiger partial charge in [0.1, 0.15) is 0 Å². The molecule has 67 heavy (non-hydrogen) atoms. The molecule has 0 saturated heterocycles. The van der Waals surface area contributed by atoms with Crippen molar-refractivity contribution in [3.05, 3.63) is 255 Å². The van der Waals surface area contributed by atoms with E-state index in [1.54, 1.807) is 11.1 Å². The maximum Gasteiger partial charge on any atom is 0.0726 e. The van der Waals surface area contributed by atoms with Gasteiger partial charge in [0, 0.05) is 17.1 Å². The summed E-state index contributed by atoms with van der Waals surface area (Å²) in [6, 6.07) is 71.3. The summed E-state index contributed by atoms with van der Waals surface area (Å²) in [7, 11) is 0. The average Bonchev–Trinajstić information content (AvgIpc) is 3.85. The van der Waals surface area contributed by atoms with Gasteiger partial charge in [-0.3, -0.25) is 0 Å². The van der Waals surface area contributed by atoms with Crippen LogP contribution in [-0.2, 0) is 5.41 Å². The molecule has 0 unspecified atom stereocenters. The van der Waals surface area contributed by atoms with Gasteiger partial charge in [-0.25, -0.2) is 0 Å². The number of rotatable bonds is 8. The van der Waals surface area contributed by atoms with Crippen LogP contribution in [0.4, 0.5) is 17.1 Å². The van der Waals surface area contributed by atoms with E-state index in [-0.39, 0.29) is 0 Å². The highest BCUT2D eigenvalue weighted by molar-refractivity contribution is 5.97. The molecule has 0 heterocycles. The maximum absolute atomic E-state index is 2.50. The van der Waals surface area contributed by atoms with Crippen molar-refractivity contribution < 1.29 is 0 Å². The number of benzene rings is 8. The van der Waals surface area contributed by atoms with Crippen LogP contribution in [0.1, 0.15) is 120 Å². The Morgan fingerprint density at radius 1 is 0.388 bits per heavy atom. The SMILES string of the molecule is Cc1ccc(/C(=C\c2ccc(N(c3ccc(C=C4CCCCC4)cc3)c3ccc4c(c3)C3(c5ccccc5-c5ccccc53)c3ccccc3-4)cc2)c2ccc(C=C3CCCCC3)cc2)cc1. The van der Waals surface area contributed by atoms with Gasteiger partial charge in [-0.05, 0) is 179 Å². The fraction of sp³-hybridized carbons (Fsp3) is 0.182. The number of nitrogens with zero attached hydrogens (tertiary/aromatic N) is 1. The lowest BCUT2D eigenvalue weighted by Crippen LogP contribution is -2.26. The van der Waals surface area contributed by atoms with E-state index in [1.807, 2.05) is 0 Å². The quantitative estimate of drug-likeness (QED) is 0.138. The van der Waals surface area contributed by atoms with Gasteiger partial charge in [-0.1, -0.05) is 193 Å². The molecule has 0 N–H and O–H groups in total. The minimum Gasteiger partial charge on any atom is -0.310 e. The van der Waals surface area contributed by atoms with Crippen LogP contribution in [0.3, 0.4) is 0 Å². The van der Waals surface area contributed by atoms with Crippen LogP contribution in [-0.4, -0.2) is 0 Å². The van der Waals surface area contributed by atoms with Crippen LogP contribution in [0.5, 0.6) is 0 Å². The van der Waals surface area contributed by atoms with Crippen LogP contribution in [0, 0.1) is 6.92 Å². The van der Waals surface area contributed by atoms with Gasteiger partial charge in [0.15, 0.2) is 0 Å². The first kappa shape index (κ1) is 41.2. The van der Waals surface area contributed by atoms with E-state index in [2.05, 4.69) is 218 Å². The minimum absolute atomic E-state index is 0.414. The zero-order valence-corrected chi connectivity index (χ0v) is 38.6. The first-order chi connectivity index (χ1) is 33.1. The second kappa shape index (κ2) is 17.5. The van der Waals surface area contributed by atoms with Crippen molar-refractivity contribution in [3.8, 4) is 22.3 Å². The highest BCUT2D eigenvalue weighted by atomic mass is 15.1. The highest BCUT2D eigenvalue weighted by Gasteiger charge is 2.51. The molecule has 0 radical (unpaired) electrons. The minimum atomic E-state index is -0.414. The third-order valence-electron chi connectivity index (χ3n) is 15.2. The summed E-state index contributed by atoms with van der Waals surface area (Å²) in [4.78, 5) is 2.47. The van der Waals surface area contributed by atoms with Gasteiger partial charge < -0.3 is 4.90 Å². The monoisotopic (exact) mass is 863 g/mol. The lowest BCUT2D eigenvalue weighted by atomic mass is 9.70. The molecule has 8 aromatic carbocycles. The topological polar surface area (TPSA) is 3.24 Å². The largest absolute Gasteiger partial charge is 0.310 e. The fourth-order valence-electron chi connectivity index (χ4n) is 11.9. The second-order valence-electron chi connectivity index (χ2n) is 19.4. The summed E-state index contributed by atoms with van der Waals surface area (Å²) in [5.74, 6) is 0. The van der Waals surface area contributed by atoms with E-state index in [9.17, 15) is 0 Å². The van der Waals surface area contributed by atoms with Gasteiger partial charge in [-0.15, -0.1) is 0 Å². The molecule has 2 fully saturated rings. The molecule has 2 saturated carbocycles. The Labute approximate surface area is 397 Å². The van der Waals surface area contributed by atoms with E-state index < -0.39 is 5.41 Å². The molecule has 0 amide bonds. The Hall–Kier alpha value is -7.22. The maximum atomic E-state index is 2.50. The first-order valence-electron chi connectivity index (χ1n) is 24.8. The zero-order chi connectivity index (χ0) is 44.7. The fourth-order valence-corrected chi connectivity index (χ4v) is 11.9. The third kappa shape index (κ3) is 7.52. The predicted octanol–water partition coefficient (Wildman–Crippen LogP) is 18.1. The number of allylic oxidation sites excluding steroid dienone is 2. The third-order valence-corrected chi connectivity index (χ3v) is 15.2. The van der Waals surface area contributed by atoms with E-state index in [0.29, 0.717) is 0 Å². The molecule has 326 valence electrons. The Kier molecular flexibility index (Phi) is 10.8. The summed E-state index contributed by atoms with van der Waals surface area (Å²) in [6.07, 6.45) is 20.1. The van der Waals surface area contributed by atoms with Gasteiger partial charge >= 0.3 is 0 Å². The highest BCUT2D eigenvalue weighted by Crippen LogP contribution is 2.63. The molecule has 0 bridgehead atoms. The lowest BCUT2D eigenvalue weighted by molar-refractivity contribution is 0.602. The van der Waals surface area contributed by atoms with Crippen molar-refractivity contribution in [2.75, 3.05) is 4.90 Å². The number of aryl methyl sites for hydroxylation is 1. The van der Waals surface area contributed by atoms with E-state index in [0.717, 1.165) is 17.1 Å². The van der Waals surface area contributed by atoms with Gasteiger partial charge in [0.05, 0.1) is 5.41 Å². The Morgan fingerprint density at radius 3 is 1.28 bits per heavy atom. The van der Waals surface area contributed by atoms with Crippen molar-refractivity contribution in [1.82, 2.24) is 0 Å². The van der Waals surface area contributed by atoms with Crippen molar-refractivity contribution in [2.24, 2.45) is 0 Å². The molecule has 0 atom stereocenters. The van der Waals surface area contributed by atoms with Gasteiger partial charge in [0.2, 0.25) is 0 Å². The molecule has 8 aromatic rings. The molecular weight excluding hydrogens is 807 g/mol. The summed E-state index contributed by atoms with van der Waals surface area (Å²) >= 11 is 0. The summed E-state index contributed by atoms with van der Waals surface area (Å²) in [5.41, 5.74) is 25.6. The number of hydrogen-bond acceptors (Lipinski definition) is 1. The number of hydrogen-bond donors (Lipinski definition) is 0. The van der Waals surface area contributed by atoms with Crippen molar-refractivity contribution in [2.45, 2.75) is 76.5 Å². The summed E-state index contributed by atoms with van der Waals surface area (Å²) in [5, 5.41) is 0. The standard InChI is InChI=1S/C66H57N/c1-46-24-32-52(33-25-46)61(53-34-26-49(27-35-53)42-47-14-4-2-5-15-47)44-51-30-38-55(39-31-51)67(54-36-28-50(29-37-54)43-48-16-6-3-7-17-48)56-40-41-60-59-20-10-13-23-64(59)66(65(60)45-56)62-21-11-8-18-57(62)58-19-9-12-22-63(58)66/h8-13,18-45H,2-7,14-17H2,1H3/b61-44+. The molecule has 1 heteroatoms. The first-order valence-corrected chi connectivity index (χ1v) is 24.8. The van der Waals surface area contributed by atoms with E-state index >= 15 is 0 Å². The molecule has 0 aliphatic heterocycles. The Bertz CT molecular complexity index is 3130. The average molecular weight is 864 g/mol. The molecular formula is C66H57N. The normalized spacial score (nSPS) is 15.7. The predicted molar refractivity (Wildman–Crippen MR) is 284 cm³/mol. The number of anilines is 3. The van der Waals surface area contributed by atoms with Crippen molar-refractivity contribution >= 4 is 40.9 Å².